The van der Waals surface area contributed by atoms with Gasteiger partial charge in [-0.3, -0.25) is 14.4 Å². The van der Waals surface area contributed by atoms with Crippen LogP contribution >= 0.6 is 22.7 Å². The number of allylic oxidation sites excluding steroid dienone is 2. The van der Waals surface area contributed by atoms with Crippen LogP contribution in [0.25, 0.3) is 0 Å². The number of hydrogen-bond acceptors (Lipinski definition) is 7. The Kier molecular flexibility index (Phi) is 6.45. The molecule has 2 amide bonds. The zero-order valence-electron chi connectivity index (χ0n) is 15.3. The highest BCUT2D eigenvalue weighted by atomic mass is 32.1. The van der Waals surface area contributed by atoms with Gasteiger partial charge in [-0.1, -0.05) is 12.2 Å². The second-order valence-corrected chi connectivity index (χ2v) is 8.09. The zero-order chi connectivity index (χ0) is 21.0. The largest absolute Gasteiger partial charge is 0.481 e. The summed E-state index contributed by atoms with van der Waals surface area (Å²) in [6, 6.07) is 3.10. The molecule has 1 aliphatic rings. The van der Waals surface area contributed by atoms with Gasteiger partial charge in [0.2, 0.25) is 5.91 Å². The molecule has 3 rings (SSSR count). The third-order valence-corrected chi connectivity index (χ3v) is 6.19. The van der Waals surface area contributed by atoms with Gasteiger partial charge in [-0.15, -0.1) is 22.7 Å². The lowest BCUT2D eigenvalue weighted by Crippen LogP contribution is -2.34. The van der Waals surface area contributed by atoms with Crippen molar-refractivity contribution >= 4 is 56.4 Å². The van der Waals surface area contributed by atoms with Crippen LogP contribution < -0.4 is 10.6 Å². The van der Waals surface area contributed by atoms with Crippen LogP contribution in [0.1, 0.15) is 33.6 Å². The number of carboxylic acids is 1. The summed E-state index contributed by atoms with van der Waals surface area (Å²) in [5, 5.41) is 18.7. The van der Waals surface area contributed by atoms with E-state index in [1.54, 1.807) is 35.0 Å². The summed E-state index contributed by atoms with van der Waals surface area (Å²) in [6.07, 6.45) is 4.16. The molecule has 2 atom stereocenters. The number of rotatable bonds is 6. The van der Waals surface area contributed by atoms with Gasteiger partial charge in [0, 0.05) is 0 Å². The quantitative estimate of drug-likeness (QED) is 0.473. The molecular formula is C19H18N2O6S2. The molecule has 0 fully saturated rings. The minimum absolute atomic E-state index is 0.228. The van der Waals surface area contributed by atoms with Gasteiger partial charge in [0.25, 0.3) is 5.91 Å². The third-order valence-electron chi connectivity index (χ3n) is 4.53. The maximum Gasteiger partial charge on any atom is 0.340 e. The maximum absolute atomic E-state index is 12.7. The second-order valence-electron chi connectivity index (χ2n) is 6.26. The Morgan fingerprint density at radius 2 is 1.55 bits per heavy atom. The van der Waals surface area contributed by atoms with Crippen molar-refractivity contribution in [3.63, 3.8) is 0 Å². The van der Waals surface area contributed by atoms with Crippen molar-refractivity contribution in [2.75, 3.05) is 17.7 Å². The Bertz CT molecular complexity index is 977. The molecule has 2 heterocycles. The monoisotopic (exact) mass is 434 g/mol. The highest BCUT2D eigenvalue weighted by molar-refractivity contribution is 7.15. The number of thiophene rings is 2. The van der Waals surface area contributed by atoms with E-state index in [0.29, 0.717) is 22.8 Å². The van der Waals surface area contributed by atoms with E-state index >= 15 is 0 Å². The molecule has 3 N–H and O–H groups in total. The van der Waals surface area contributed by atoms with E-state index in [4.69, 9.17) is 0 Å². The molecule has 0 unspecified atom stereocenters. The summed E-state index contributed by atoms with van der Waals surface area (Å²) in [5.41, 5.74) is 0.468. The summed E-state index contributed by atoms with van der Waals surface area (Å²) in [7, 11) is 1.25. The summed E-state index contributed by atoms with van der Waals surface area (Å²) in [6.45, 7) is 0. The number of carboxylic acid groups (broad SMARTS) is 1. The fourth-order valence-corrected chi connectivity index (χ4v) is 4.57. The molecule has 0 saturated heterocycles. The Labute approximate surface area is 174 Å². The molecule has 2 aromatic rings. The van der Waals surface area contributed by atoms with Crippen molar-refractivity contribution in [3.05, 3.63) is 46.2 Å². The van der Waals surface area contributed by atoms with Crippen LogP contribution in [0.15, 0.2) is 35.0 Å². The molecule has 0 aliphatic heterocycles. The van der Waals surface area contributed by atoms with Crippen molar-refractivity contribution in [1.29, 1.82) is 0 Å². The molecular weight excluding hydrogens is 416 g/mol. The first-order chi connectivity index (χ1) is 13.9. The number of carbonyl (C=O) groups is 4. The number of nitrogens with one attached hydrogen (secondary N) is 2. The van der Waals surface area contributed by atoms with Crippen LogP contribution in [0.5, 0.6) is 0 Å². The van der Waals surface area contributed by atoms with Crippen molar-refractivity contribution < 1.29 is 29.0 Å². The molecule has 10 heteroatoms. The molecule has 0 aromatic carbocycles. The van der Waals surface area contributed by atoms with E-state index < -0.39 is 35.6 Å². The lowest BCUT2D eigenvalue weighted by Gasteiger charge is -2.24. The van der Waals surface area contributed by atoms with Crippen LogP contribution in [-0.2, 0) is 14.3 Å². The van der Waals surface area contributed by atoms with E-state index in [1.807, 2.05) is 0 Å². The number of carbonyl (C=O) groups excluding carboxylic acids is 3. The number of anilines is 2. The molecule has 29 heavy (non-hydrogen) atoms. The minimum Gasteiger partial charge on any atom is -0.481 e. The number of methoxy groups -OCH3 is 1. The minimum atomic E-state index is -1.02. The molecule has 1 aliphatic carbocycles. The highest BCUT2D eigenvalue weighted by Crippen LogP contribution is 2.31. The van der Waals surface area contributed by atoms with Crippen LogP contribution in [-0.4, -0.2) is 36.0 Å². The maximum atomic E-state index is 12.7. The number of esters is 1. The van der Waals surface area contributed by atoms with Crippen LogP contribution in [0, 0.1) is 11.8 Å². The Hall–Kier alpha value is -2.98. The Morgan fingerprint density at radius 3 is 2.17 bits per heavy atom. The fourth-order valence-electron chi connectivity index (χ4n) is 3.01. The standard InChI is InChI=1S/C19H18N2O6S2/c1-27-19(26)13-7-9-29-17(13)21-15(23)12-6-8-28-16(12)20-14(22)10-4-2-3-5-11(10)18(24)25/h2-3,6-11H,4-5H2,1H3,(H,20,22)(H,21,23)(H,24,25)/t10-,11+/m0/s1. The van der Waals surface area contributed by atoms with Gasteiger partial charge in [0.05, 0.1) is 30.1 Å². The predicted octanol–water partition coefficient (Wildman–Crippen LogP) is 3.45. The van der Waals surface area contributed by atoms with Gasteiger partial charge >= 0.3 is 11.9 Å². The van der Waals surface area contributed by atoms with Gasteiger partial charge < -0.3 is 20.5 Å². The van der Waals surface area contributed by atoms with E-state index in [0.717, 1.165) is 11.3 Å². The highest BCUT2D eigenvalue weighted by Gasteiger charge is 2.34. The average Bonchev–Trinajstić information content (AvgIpc) is 3.36. The zero-order valence-corrected chi connectivity index (χ0v) is 17.0. The Morgan fingerprint density at radius 1 is 0.966 bits per heavy atom. The smallest absolute Gasteiger partial charge is 0.340 e. The van der Waals surface area contributed by atoms with Crippen molar-refractivity contribution in [2.45, 2.75) is 12.8 Å². The van der Waals surface area contributed by atoms with Crippen LogP contribution in [0.4, 0.5) is 10.0 Å². The van der Waals surface area contributed by atoms with Crippen LogP contribution in [0.3, 0.4) is 0 Å². The number of ether oxygens (including phenoxy) is 1. The average molecular weight is 434 g/mol. The normalized spacial score (nSPS) is 18.1. The van der Waals surface area contributed by atoms with Gasteiger partial charge in [-0.05, 0) is 35.7 Å². The van der Waals surface area contributed by atoms with Crippen LogP contribution in [0.2, 0.25) is 0 Å². The summed E-state index contributed by atoms with van der Waals surface area (Å²) < 4.78 is 4.69. The molecule has 0 bridgehead atoms. The SMILES string of the molecule is COC(=O)c1ccsc1NC(=O)c1ccsc1NC(=O)[C@H]1CC=CC[C@H]1C(=O)O. The molecule has 0 spiro atoms. The van der Waals surface area contributed by atoms with Gasteiger partial charge in [-0.25, -0.2) is 4.79 Å². The first-order valence-corrected chi connectivity index (χ1v) is 10.4. The molecule has 0 saturated carbocycles. The van der Waals surface area contributed by atoms with Gasteiger partial charge in [0.1, 0.15) is 10.0 Å². The predicted molar refractivity (Wildman–Crippen MR) is 110 cm³/mol. The van der Waals surface area contributed by atoms with E-state index in [-0.39, 0.29) is 11.1 Å². The summed E-state index contributed by atoms with van der Waals surface area (Å²) in [5.74, 6) is -4.03. The van der Waals surface area contributed by atoms with Gasteiger partial charge in [-0.2, -0.15) is 0 Å². The first-order valence-electron chi connectivity index (χ1n) is 8.65. The second kappa shape index (κ2) is 9.01. The summed E-state index contributed by atoms with van der Waals surface area (Å²) in [4.78, 5) is 48.5. The van der Waals surface area contributed by atoms with E-state index in [1.165, 1.54) is 18.4 Å². The van der Waals surface area contributed by atoms with Gasteiger partial charge in [0.15, 0.2) is 0 Å². The Balaban J connectivity index is 1.74. The lowest BCUT2D eigenvalue weighted by molar-refractivity contribution is -0.146. The van der Waals surface area contributed by atoms with Crippen molar-refractivity contribution in [3.8, 4) is 0 Å². The number of hydrogen-bond donors (Lipinski definition) is 3. The molecule has 152 valence electrons. The topological polar surface area (TPSA) is 122 Å². The first kappa shape index (κ1) is 20.7. The number of aliphatic carboxylic acids is 1. The lowest BCUT2D eigenvalue weighted by atomic mass is 9.82. The molecule has 0 radical (unpaired) electrons. The molecule has 2 aromatic heterocycles. The molecule has 8 nitrogen and oxygen atoms in total. The van der Waals surface area contributed by atoms with E-state index in [2.05, 4.69) is 15.4 Å². The van der Waals surface area contributed by atoms with Crippen molar-refractivity contribution in [2.24, 2.45) is 11.8 Å². The van der Waals surface area contributed by atoms with E-state index in [9.17, 15) is 24.3 Å². The fraction of sp³-hybridized carbons (Fsp3) is 0.263. The summed E-state index contributed by atoms with van der Waals surface area (Å²) >= 11 is 2.34. The third kappa shape index (κ3) is 4.54. The van der Waals surface area contributed by atoms with Crippen molar-refractivity contribution in [1.82, 2.24) is 0 Å². The number of amides is 2.